The maximum atomic E-state index is 12.3. The number of hydrogen-bond donors (Lipinski definition) is 1. The Labute approximate surface area is 117 Å². The van der Waals surface area contributed by atoms with Crippen molar-refractivity contribution in [3.8, 4) is 0 Å². The van der Waals surface area contributed by atoms with Crippen LogP contribution in [0.1, 0.15) is 53.4 Å². The number of carbonyl (C=O) groups is 1. The average Bonchev–Trinajstić information content (AvgIpc) is 2.36. The van der Waals surface area contributed by atoms with Gasteiger partial charge < -0.3 is 9.64 Å². The van der Waals surface area contributed by atoms with Crippen molar-refractivity contribution in [2.24, 2.45) is 0 Å². The Morgan fingerprint density at radius 2 is 2.00 bits per heavy atom. The van der Waals surface area contributed by atoms with Crippen LogP contribution in [0, 0.1) is 0 Å². The van der Waals surface area contributed by atoms with E-state index in [9.17, 15) is 4.79 Å². The molecule has 1 saturated carbocycles. The molecule has 0 aromatic heterocycles. The molecule has 0 amide bonds. The highest BCUT2D eigenvalue weighted by atomic mass is 16.5. The second kappa shape index (κ2) is 6.71. The molecule has 2 unspecified atom stereocenters. The van der Waals surface area contributed by atoms with Gasteiger partial charge in [0.15, 0.2) is 0 Å². The minimum Gasteiger partial charge on any atom is -0.468 e. The van der Waals surface area contributed by atoms with Crippen LogP contribution < -0.4 is 5.32 Å². The van der Waals surface area contributed by atoms with Crippen LogP contribution in [0.4, 0.5) is 0 Å². The first-order valence-corrected chi connectivity index (χ1v) is 7.40. The van der Waals surface area contributed by atoms with E-state index in [1.165, 1.54) is 7.11 Å². The molecule has 0 spiro atoms. The fourth-order valence-corrected chi connectivity index (χ4v) is 3.14. The molecule has 112 valence electrons. The molecule has 0 saturated heterocycles. The Morgan fingerprint density at radius 1 is 1.37 bits per heavy atom. The Bertz CT molecular complexity index is 305. The third-order valence-electron chi connectivity index (χ3n) is 4.26. The van der Waals surface area contributed by atoms with Crippen molar-refractivity contribution < 1.29 is 9.53 Å². The van der Waals surface area contributed by atoms with Gasteiger partial charge in [0.05, 0.1) is 7.11 Å². The third-order valence-corrected chi connectivity index (χ3v) is 4.26. The monoisotopic (exact) mass is 270 g/mol. The third kappa shape index (κ3) is 3.93. The zero-order valence-electron chi connectivity index (χ0n) is 13.3. The molecule has 2 atom stereocenters. The molecule has 1 aliphatic carbocycles. The second-order valence-corrected chi connectivity index (χ2v) is 6.38. The Kier molecular flexibility index (Phi) is 5.81. The first-order chi connectivity index (χ1) is 8.82. The summed E-state index contributed by atoms with van der Waals surface area (Å²) >= 11 is 0. The summed E-state index contributed by atoms with van der Waals surface area (Å²) in [5.74, 6) is -0.108. The fourth-order valence-electron chi connectivity index (χ4n) is 3.14. The lowest BCUT2D eigenvalue weighted by molar-refractivity contribution is -0.151. The minimum atomic E-state index is -0.505. The van der Waals surface area contributed by atoms with Crippen LogP contribution in [0.5, 0.6) is 0 Å². The molecular weight excluding hydrogens is 240 g/mol. The van der Waals surface area contributed by atoms with Crippen LogP contribution in [0.15, 0.2) is 0 Å². The van der Waals surface area contributed by atoms with E-state index in [2.05, 4.69) is 45.0 Å². The predicted molar refractivity (Wildman–Crippen MR) is 78.2 cm³/mol. The topological polar surface area (TPSA) is 41.6 Å². The van der Waals surface area contributed by atoms with E-state index in [1.807, 2.05) is 0 Å². The number of methoxy groups -OCH3 is 1. The molecular formula is C15H30N2O2. The normalized spacial score (nSPS) is 28.2. The zero-order valence-corrected chi connectivity index (χ0v) is 13.3. The summed E-state index contributed by atoms with van der Waals surface area (Å²) < 4.78 is 5.06. The molecule has 0 aromatic rings. The van der Waals surface area contributed by atoms with Gasteiger partial charge in [-0.15, -0.1) is 0 Å². The highest BCUT2D eigenvalue weighted by Gasteiger charge is 2.45. The van der Waals surface area contributed by atoms with Crippen molar-refractivity contribution >= 4 is 5.97 Å². The summed E-state index contributed by atoms with van der Waals surface area (Å²) in [5, 5.41) is 3.47. The zero-order chi connectivity index (χ0) is 14.6. The summed E-state index contributed by atoms with van der Waals surface area (Å²) in [6.45, 7) is 8.57. The van der Waals surface area contributed by atoms with Crippen molar-refractivity contribution in [1.29, 1.82) is 0 Å². The Morgan fingerprint density at radius 3 is 2.47 bits per heavy atom. The van der Waals surface area contributed by atoms with Crippen LogP contribution in [-0.2, 0) is 9.53 Å². The van der Waals surface area contributed by atoms with Crippen molar-refractivity contribution in [1.82, 2.24) is 10.2 Å². The maximum Gasteiger partial charge on any atom is 0.326 e. The number of ether oxygens (including phenoxy) is 1. The van der Waals surface area contributed by atoms with Gasteiger partial charge in [-0.1, -0.05) is 0 Å². The van der Waals surface area contributed by atoms with Gasteiger partial charge in [0.1, 0.15) is 5.54 Å². The summed E-state index contributed by atoms with van der Waals surface area (Å²) in [6, 6.07) is 1.22. The van der Waals surface area contributed by atoms with Gasteiger partial charge in [0.2, 0.25) is 0 Å². The molecule has 0 aliphatic heterocycles. The van der Waals surface area contributed by atoms with Crippen molar-refractivity contribution in [2.45, 2.75) is 77.0 Å². The molecule has 1 fully saturated rings. The van der Waals surface area contributed by atoms with Crippen molar-refractivity contribution in [2.75, 3.05) is 14.2 Å². The van der Waals surface area contributed by atoms with Crippen LogP contribution in [0.25, 0.3) is 0 Å². The predicted octanol–water partition coefficient (Wildman–Crippen LogP) is 2.18. The molecule has 0 aromatic carbocycles. The number of carbonyl (C=O) groups excluding carboxylic acids is 1. The van der Waals surface area contributed by atoms with E-state index in [1.54, 1.807) is 0 Å². The Hall–Kier alpha value is -0.610. The molecule has 1 N–H and O–H groups in total. The number of hydrogen-bond acceptors (Lipinski definition) is 4. The molecule has 19 heavy (non-hydrogen) atoms. The van der Waals surface area contributed by atoms with Gasteiger partial charge in [-0.05, 0) is 60.4 Å². The summed E-state index contributed by atoms with van der Waals surface area (Å²) in [6.07, 6.45) is 3.94. The van der Waals surface area contributed by atoms with Gasteiger partial charge >= 0.3 is 5.97 Å². The fraction of sp³-hybridized carbons (Fsp3) is 0.933. The lowest BCUT2D eigenvalue weighted by Crippen LogP contribution is -2.60. The molecule has 1 rings (SSSR count). The largest absolute Gasteiger partial charge is 0.468 e. The molecule has 1 aliphatic rings. The number of nitrogens with zero attached hydrogens (tertiary/aromatic N) is 1. The molecule has 4 heteroatoms. The molecule has 0 radical (unpaired) electrons. The van der Waals surface area contributed by atoms with Crippen molar-refractivity contribution in [3.05, 3.63) is 0 Å². The van der Waals surface area contributed by atoms with Gasteiger partial charge in [0, 0.05) is 18.1 Å². The Balaban J connectivity index is 2.88. The SMILES string of the molecule is COC(=O)C1(NC(C)C)CCCC(N(C)C(C)C)C1. The van der Waals surface area contributed by atoms with E-state index in [4.69, 9.17) is 4.74 Å². The van der Waals surface area contributed by atoms with Crippen LogP contribution in [0.2, 0.25) is 0 Å². The molecule has 4 nitrogen and oxygen atoms in total. The van der Waals surface area contributed by atoms with E-state index in [-0.39, 0.29) is 12.0 Å². The van der Waals surface area contributed by atoms with E-state index >= 15 is 0 Å². The van der Waals surface area contributed by atoms with Gasteiger partial charge in [-0.3, -0.25) is 10.1 Å². The van der Waals surface area contributed by atoms with Gasteiger partial charge in [-0.25, -0.2) is 0 Å². The number of rotatable bonds is 5. The summed E-state index contributed by atoms with van der Waals surface area (Å²) in [5.41, 5.74) is -0.505. The number of nitrogens with one attached hydrogen (secondary N) is 1. The standard InChI is InChI=1S/C15H30N2O2/c1-11(2)16-15(14(18)19-6)9-7-8-13(10-15)17(5)12(3)4/h11-13,16H,7-10H2,1-6H3. The first kappa shape index (κ1) is 16.4. The summed E-state index contributed by atoms with van der Waals surface area (Å²) in [7, 11) is 3.64. The summed E-state index contributed by atoms with van der Waals surface area (Å²) in [4.78, 5) is 14.6. The quantitative estimate of drug-likeness (QED) is 0.778. The van der Waals surface area contributed by atoms with Crippen molar-refractivity contribution in [3.63, 3.8) is 0 Å². The molecule has 0 heterocycles. The second-order valence-electron chi connectivity index (χ2n) is 6.38. The highest BCUT2D eigenvalue weighted by molar-refractivity contribution is 5.81. The maximum absolute atomic E-state index is 12.3. The van der Waals surface area contributed by atoms with Crippen LogP contribution >= 0.6 is 0 Å². The molecule has 0 bridgehead atoms. The minimum absolute atomic E-state index is 0.108. The number of esters is 1. The highest BCUT2D eigenvalue weighted by Crippen LogP contribution is 2.33. The van der Waals surface area contributed by atoms with Gasteiger partial charge in [-0.2, -0.15) is 0 Å². The van der Waals surface area contributed by atoms with E-state index in [0.717, 1.165) is 25.7 Å². The van der Waals surface area contributed by atoms with E-state index in [0.29, 0.717) is 12.1 Å². The van der Waals surface area contributed by atoms with Gasteiger partial charge in [0.25, 0.3) is 0 Å². The lowest BCUT2D eigenvalue weighted by Gasteiger charge is -2.44. The first-order valence-electron chi connectivity index (χ1n) is 7.40. The average molecular weight is 270 g/mol. The van der Waals surface area contributed by atoms with E-state index < -0.39 is 5.54 Å². The van der Waals surface area contributed by atoms with Crippen LogP contribution in [0.3, 0.4) is 0 Å². The van der Waals surface area contributed by atoms with Crippen LogP contribution in [-0.4, -0.2) is 48.7 Å². The smallest absolute Gasteiger partial charge is 0.326 e. The lowest BCUT2D eigenvalue weighted by atomic mass is 9.77.